The van der Waals surface area contributed by atoms with E-state index in [2.05, 4.69) is 0 Å². The molecule has 5 N–H and O–H groups in total. The predicted molar refractivity (Wildman–Crippen MR) is 70.0 cm³/mol. The Balaban J connectivity index is 5.06. The van der Waals surface area contributed by atoms with Gasteiger partial charge in [-0.1, -0.05) is 0 Å². The number of hydrogen-bond acceptors (Lipinski definition) is 5. The van der Waals surface area contributed by atoms with E-state index in [0.29, 0.717) is 0 Å². The molecule has 0 radical (unpaired) electrons. The van der Waals surface area contributed by atoms with Gasteiger partial charge < -0.3 is 25.5 Å². The van der Waals surface area contributed by atoms with Crippen molar-refractivity contribution in [3.63, 3.8) is 0 Å². The predicted octanol–water partition coefficient (Wildman–Crippen LogP) is -1.34. The van der Waals surface area contributed by atoms with Gasteiger partial charge in [-0.25, -0.2) is 0 Å². The molecule has 116 valence electrons. The molecule has 0 spiro atoms. The lowest BCUT2D eigenvalue weighted by atomic mass is 9.87. The number of carbonyl (C=O) groups is 3. The molecule has 8 nitrogen and oxygen atoms in total. The van der Waals surface area contributed by atoms with E-state index in [-0.39, 0.29) is 23.9 Å². The van der Waals surface area contributed by atoms with Gasteiger partial charge in [-0.2, -0.15) is 0 Å². The van der Waals surface area contributed by atoms with E-state index in [1.54, 1.807) is 21.1 Å². The van der Waals surface area contributed by atoms with Crippen LogP contribution in [0.3, 0.4) is 0 Å². The van der Waals surface area contributed by atoms with Crippen molar-refractivity contribution in [2.45, 2.75) is 30.9 Å². The lowest BCUT2D eigenvalue weighted by Crippen LogP contribution is -2.59. The van der Waals surface area contributed by atoms with Crippen LogP contribution in [0.5, 0.6) is 0 Å². The molecular formula is C12H23N2O6+. The number of quaternary nitrogens is 1. The molecular weight excluding hydrogens is 268 g/mol. The zero-order valence-electron chi connectivity index (χ0n) is 12.0. The molecule has 0 aliphatic heterocycles. The van der Waals surface area contributed by atoms with Crippen molar-refractivity contribution in [3.8, 4) is 0 Å². The maximum Gasteiger partial charge on any atom is 0.306 e. The summed E-state index contributed by atoms with van der Waals surface area (Å²) in [4.78, 5) is 33.4. The van der Waals surface area contributed by atoms with E-state index >= 15 is 0 Å². The first-order valence-electron chi connectivity index (χ1n) is 6.14. The summed E-state index contributed by atoms with van der Waals surface area (Å²) < 4.78 is 0.168. The molecule has 0 bridgehead atoms. The Morgan fingerprint density at radius 1 is 1.15 bits per heavy atom. The topological polar surface area (TPSA) is 138 Å². The van der Waals surface area contributed by atoms with E-state index in [1.165, 1.54) is 0 Å². The van der Waals surface area contributed by atoms with Crippen LogP contribution in [0.25, 0.3) is 0 Å². The van der Waals surface area contributed by atoms with Crippen molar-refractivity contribution >= 4 is 17.7 Å². The molecule has 0 aliphatic rings. The fourth-order valence-corrected chi connectivity index (χ4v) is 2.01. The molecule has 0 heterocycles. The number of nitrogens with two attached hydrogens (primary N) is 1. The second-order valence-electron chi connectivity index (χ2n) is 5.95. The molecule has 0 rings (SSSR count). The summed E-state index contributed by atoms with van der Waals surface area (Å²) in [7, 11) is 5.09. The smallest absolute Gasteiger partial charge is 0.306 e. The monoisotopic (exact) mass is 291 g/mol. The van der Waals surface area contributed by atoms with Gasteiger partial charge in [-0.3, -0.25) is 14.4 Å². The number of carbonyl (C=O) groups excluding carboxylic acids is 1. The van der Waals surface area contributed by atoms with Crippen LogP contribution in [-0.2, 0) is 14.4 Å². The van der Waals surface area contributed by atoms with E-state index in [0.717, 1.165) is 0 Å². The maximum absolute atomic E-state index is 12.1. The first-order chi connectivity index (χ1) is 8.87. The third kappa shape index (κ3) is 6.60. The van der Waals surface area contributed by atoms with E-state index in [1.807, 2.05) is 0 Å². The Labute approximate surface area is 117 Å². The van der Waals surface area contributed by atoms with E-state index in [4.69, 9.17) is 15.9 Å². The molecule has 0 aromatic rings. The van der Waals surface area contributed by atoms with Crippen LogP contribution in [0.15, 0.2) is 0 Å². The Bertz CT molecular complexity index is 390. The lowest BCUT2D eigenvalue weighted by molar-refractivity contribution is -0.875. The number of likely N-dealkylation sites (N-methyl/N-ethyl adjacent to an activating group) is 1. The Morgan fingerprint density at radius 3 is 2.00 bits per heavy atom. The number of aliphatic hydroxyl groups is 1. The highest BCUT2D eigenvalue weighted by Gasteiger charge is 2.45. The Hall–Kier alpha value is -1.51. The fraction of sp³-hybridized carbons (Fsp3) is 0.750. The highest BCUT2D eigenvalue weighted by Crippen LogP contribution is 2.19. The lowest BCUT2D eigenvalue weighted by Gasteiger charge is -2.34. The number of carboxylic acid groups (broad SMARTS) is 2. The summed E-state index contributed by atoms with van der Waals surface area (Å²) in [6, 6.07) is -1.21. The highest BCUT2D eigenvalue weighted by atomic mass is 16.4. The van der Waals surface area contributed by atoms with Crippen molar-refractivity contribution in [2.24, 2.45) is 5.73 Å². The van der Waals surface area contributed by atoms with Crippen LogP contribution in [0.4, 0.5) is 0 Å². The minimum atomic E-state index is -2.11. The van der Waals surface area contributed by atoms with Gasteiger partial charge in [-0.15, -0.1) is 0 Å². The number of nitrogens with zero attached hydrogens (tertiary/aromatic N) is 1. The van der Waals surface area contributed by atoms with Gasteiger partial charge >= 0.3 is 11.9 Å². The van der Waals surface area contributed by atoms with Gasteiger partial charge in [0.25, 0.3) is 0 Å². The van der Waals surface area contributed by atoms with Crippen LogP contribution < -0.4 is 5.73 Å². The third-order valence-electron chi connectivity index (χ3n) is 2.64. The number of Topliss-reactive ketones (excluding diaryl/α,β-unsaturated/α-hetero) is 1. The van der Waals surface area contributed by atoms with Crippen molar-refractivity contribution in [3.05, 3.63) is 0 Å². The molecule has 0 saturated carbocycles. The maximum atomic E-state index is 12.1. The van der Waals surface area contributed by atoms with Gasteiger partial charge in [0.1, 0.15) is 6.54 Å². The minimum Gasteiger partial charge on any atom is -0.481 e. The van der Waals surface area contributed by atoms with Crippen LogP contribution in [0, 0.1) is 0 Å². The van der Waals surface area contributed by atoms with Gasteiger partial charge in [-0.05, 0) is 6.42 Å². The van der Waals surface area contributed by atoms with Crippen molar-refractivity contribution in [2.75, 3.05) is 27.7 Å². The summed E-state index contributed by atoms with van der Waals surface area (Å²) in [6.07, 6.45) is -1.23. The first-order valence-corrected chi connectivity index (χ1v) is 6.14. The number of aliphatic carboxylic acids is 2. The second kappa shape index (κ2) is 6.78. The summed E-state index contributed by atoms with van der Waals surface area (Å²) in [6.45, 7) is -0.126. The normalized spacial score (nSPS) is 16.2. The van der Waals surface area contributed by atoms with Crippen LogP contribution in [-0.4, -0.2) is 76.9 Å². The minimum absolute atomic E-state index is 0.126. The molecule has 1 unspecified atom stereocenters. The molecule has 2 atom stereocenters. The molecule has 0 amide bonds. The summed E-state index contributed by atoms with van der Waals surface area (Å²) in [5.41, 5.74) is 3.46. The molecule has 0 saturated heterocycles. The number of rotatable bonds is 9. The molecule has 0 aliphatic carbocycles. The van der Waals surface area contributed by atoms with Crippen LogP contribution >= 0.6 is 0 Å². The Morgan fingerprint density at radius 2 is 1.65 bits per heavy atom. The van der Waals surface area contributed by atoms with E-state index < -0.39 is 35.8 Å². The van der Waals surface area contributed by atoms with Crippen molar-refractivity contribution in [1.29, 1.82) is 0 Å². The fourth-order valence-electron chi connectivity index (χ4n) is 2.01. The van der Waals surface area contributed by atoms with Crippen molar-refractivity contribution in [1.82, 2.24) is 0 Å². The summed E-state index contributed by atoms with van der Waals surface area (Å²) >= 11 is 0. The van der Waals surface area contributed by atoms with Crippen molar-refractivity contribution < 1.29 is 34.2 Å². The molecule has 0 aromatic heterocycles. The van der Waals surface area contributed by atoms with E-state index in [9.17, 15) is 19.5 Å². The Kier molecular flexibility index (Phi) is 6.27. The number of carboxylic acids is 2. The highest BCUT2D eigenvalue weighted by molar-refractivity contribution is 5.95. The quantitative estimate of drug-likeness (QED) is 0.386. The zero-order chi connectivity index (χ0) is 16.1. The summed E-state index contributed by atoms with van der Waals surface area (Å²) in [5.74, 6) is -3.27. The molecule has 20 heavy (non-hydrogen) atoms. The first kappa shape index (κ1) is 18.5. The second-order valence-corrected chi connectivity index (χ2v) is 5.95. The average molecular weight is 291 g/mol. The molecule has 8 heteroatoms. The molecule has 0 fully saturated rings. The molecule has 0 aromatic carbocycles. The number of ketones is 1. The third-order valence-corrected chi connectivity index (χ3v) is 2.64. The van der Waals surface area contributed by atoms with Gasteiger partial charge in [0.2, 0.25) is 0 Å². The number of hydrogen-bond donors (Lipinski definition) is 4. The summed E-state index contributed by atoms with van der Waals surface area (Å²) in [5, 5.41) is 27.7. The van der Waals surface area contributed by atoms with Crippen LogP contribution in [0.1, 0.15) is 19.3 Å². The standard InChI is InChI=1S/C12H22N2O6/c1-14(2,3)7-12(20,6-10(17)18)11(19)8(13)4-5-9(15)16/h8,20H,4-7,13H2,1-3H3,(H-,15,16,17,18)/p+1/t8-,12?/m0/s1. The zero-order valence-corrected chi connectivity index (χ0v) is 12.0. The largest absolute Gasteiger partial charge is 0.481 e. The van der Waals surface area contributed by atoms with Gasteiger partial charge in [0.05, 0.1) is 33.6 Å². The SMILES string of the molecule is C[N+](C)(C)CC(O)(CC(=O)O)C(=O)[C@@H](N)CCC(=O)O. The van der Waals surface area contributed by atoms with Crippen LogP contribution in [0.2, 0.25) is 0 Å². The average Bonchev–Trinajstić information content (AvgIpc) is 2.20. The van der Waals surface area contributed by atoms with Gasteiger partial charge in [0.15, 0.2) is 11.4 Å². The van der Waals surface area contributed by atoms with Gasteiger partial charge in [0, 0.05) is 6.42 Å².